The summed E-state index contributed by atoms with van der Waals surface area (Å²) in [6, 6.07) is 6.43. The molecule has 222 valence electrons. The topological polar surface area (TPSA) is 116 Å². The van der Waals surface area contributed by atoms with Gasteiger partial charge < -0.3 is 25.3 Å². The Labute approximate surface area is 247 Å². The molecule has 2 heterocycles. The van der Waals surface area contributed by atoms with Crippen LogP contribution in [0.25, 0.3) is 11.3 Å². The third-order valence-corrected chi connectivity index (χ3v) is 6.84. The quantitative estimate of drug-likeness (QED) is 0.257. The smallest absolute Gasteiger partial charge is 0.310 e. The van der Waals surface area contributed by atoms with Crippen LogP contribution in [0.15, 0.2) is 42.5 Å². The van der Waals surface area contributed by atoms with Crippen molar-refractivity contribution >= 4 is 35.1 Å². The lowest BCUT2D eigenvalue weighted by Crippen LogP contribution is -2.30. The zero-order valence-corrected chi connectivity index (χ0v) is 24.3. The third kappa shape index (κ3) is 7.80. The molecule has 0 aliphatic carbocycles. The van der Waals surface area contributed by atoms with Crippen LogP contribution in [-0.4, -0.2) is 59.9 Å². The summed E-state index contributed by atoms with van der Waals surface area (Å²) >= 11 is 6.55. The van der Waals surface area contributed by atoms with Crippen LogP contribution < -0.4 is 10.6 Å². The van der Waals surface area contributed by atoms with Gasteiger partial charge in [-0.3, -0.25) is 14.4 Å². The van der Waals surface area contributed by atoms with Gasteiger partial charge in [-0.05, 0) is 63.2 Å². The average molecular weight is 600 g/mol. The second-order valence-corrected chi connectivity index (χ2v) is 10.7. The van der Waals surface area contributed by atoms with Crippen molar-refractivity contribution in [3.8, 4) is 11.3 Å². The van der Waals surface area contributed by atoms with Crippen molar-refractivity contribution in [3.05, 3.63) is 81.8 Å². The van der Waals surface area contributed by atoms with Gasteiger partial charge in [0, 0.05) is 18.5 Å². The van der Waals surface area contributed by atoms with Gasteiger partial charge in [-0.1, -0.05) is 35.9 Å². The number of H-pyrrole nitrogens is 1. The third-order valence-electron chi connectivity index (χ3n) is 6.57. The first-order valence-corrected chi connectivity index (χ1v) is 13.8. The molecule has 1 aromatic heterocycles. The maximum absolute atomic E-state index is 14.5. The first-order valence-electron chi connectivity index (χ1n) is 13.4. The Morgan fingerprint density at radius 2 is 1.90 bits per heavy atom. The van der Waals surface area contributed by atoms with Gasteiger partial charge in [0.05, 0.1) is 18.2 Å². The van der Waals surface area contributed by atoms with Crippen molar-refractivity contribution in [2.75, 3.05) is 32.6 Å². The van der Waals surface area contributed by atoms with Gasteiger partial charge in [0.1, 0.15) is 40.5 Å². The van der Waals surface area contributed by atoms with E-state index in [0.717, 1.165) is 12.1 Å². The SMILES string of the molecule is Cc1cc(F)c(C(=O)N[C@H]2C/C=C/CCC(=O)Nc3cc(CC(=O)OCCN(C)C)ccc3-c3nc2[nH]c3Cl)c(F)c1. The van der Waals surface area contributed by atoms with Crippen LogP contribution in [0.4, 0.5) is 14.5 Å². The zero-order chi connectivity index (χ0) is 30.4. The number of carbonyl (C=O) groups is 3. The van der Waals surface area contributed by atoms with Crippen molar-refractivity contribution in [2.24, 2.45) is 0 Å². The van der Waals surface area contributed by atoms with Crippen molar-refractivity contribution < 1.29 is 27.9 Å². The van der Waals surface area contributed by atoms with Crippen LogP contribution in [0.2, 0.25) is 5.15 Å². The number of esters is 1. The van der Waals surface area contributed by atoms with Gasteiger partial charge in [0.15, 0.2) is 0 Å². The maximum Gasteiger partial charge on any atom is 0.310 e. The number of ether oxygens (including phenoxy) is 1. The number of likely N-dealkylation sites (N-methyl/N-ethyl adjacent to an activating group) is 1. The Morgan fingerprint density at radius 1 is 1.17 bits per heavy atom. The number of aromatic amines is 1. The van der Waals surface area contributed by atoms with Crippen LogP contribution in [0.5, 0.6) is 0 Å². The Bertz CT molecular complexity index is 1500. The summed E-state index contributed by atoms with van der Waals surface area (Å²) < 4.78 is 34.3. The van der Waals surface area contributed by atoms with Gasteiger partial charge in [-0.15, -0.1) is 0 Å². The second-order valence-electron chi connectivity index (χ2n) is 10.3. The summed E-state index contributed by atoms with van der Waals surface area (Å²) in [6.07, 6.45) is 4.32. The Morgan fingerprint density at radius 3 is 2.62 bits per heavy atom. The van der Waals surface area contributed by atoms with Crippen molar-refractivity contribution in [3.63, 3.8) is 0 Å². The summed E-state index contributed by atoms with van der Waals surface area (Å²) in [5.74, 6) is -3.29. The molecule has 0 fully saturated rings. The molecule has 3 N–H and O–H groups in total. The number of halogens is 3. The maximum atomic E-state index is 14.5. The molecule has 0 saturated heterocycles. The van der Waals surface area contributed by atoms with E-state index in [4.69, 9.17) is 16.3 Å². The van der Waals surface area contributed by atoms with Gasteiger partial charge in [-0.25, -0.2) is 13.8 Å². The second kappa shape index (κ2) is 13.7. The number of aryl methyl sites for hydroxylation is 1. The monoisotopic (exact) mass is 599 g/mol. The number of amides is 2. The lowest BCUT2D eigenvalue weighted by atomic mass is 10.0. The molecular weight excluding hydrogens is 568 g/mol. The minimum Gasteiger partial charge on any atom is -0.464 e. The first-order chi connectivity index (χ1) is 20.0. The van der Waals surface area contributed by atoms with Crippen molar-refractivity contribution in [1.29, 1.82) is 0 Å². The Kier molecular flexibility index (Phi) is 10.1. The molecule has 0 unspecified atom stereocenters. The van der Waals surface area contributed by atoms with Crippen molar-refractivity contribution in [1.82, 2.24) is 20.2 Å². The zero-order valence-electron chi connectivity index (χ0n) is 23.5. The molecule has 0 saturated carbocycles. The molecule has 0 radical (unpaired) electrons. The summed E-state index contributed by atoms with van der Waals surface area (Å²) in [5, 5.41) is 5.66. The Balaban J connectivity index is 1.65. The fourth-order valence-electron chi connectivity index (χ4n) is 4.45. The highest BCUT2D eigenvalue weighted by Gasteiger charge is 2.26. The molecular formula is C30H32ClF2N5O4. The molecule has 42 heavy (non-hydrogen) atoms. The van der Waals surface area contributed by atoms with Gasteiger partial charge in [0.2, 0.25) is 5.91 Å². The number of hydrogen-bond donors (Lipinski definition) is 3. The molecule has 0 spiro atoms. The number of aromatic nitrogens is 2. The van der Waals surface area contributed by atoms with E-state index in [9.17, 15) is 23.2 Å². The number of nitrogens with zero attached hydrogens (tertiary/aromatic N) is 2. The van der Waals surface area contributed by atoms with Gasteiger partial charge in [0.25, 0.3) is 5.91 Å². The highest BCUT2D eigenvalue weighted by molar-refractivity contribution is 6.32. The highest BCUT2D eigenvalue weighted by Crippen LogP contribution is 2.35. The van der Waals surface area contributed by atoms with E-state index in [0.29, 0.717) is 35.3 Å². The number of imidazole rings is 1. The van der Waals surface area contributed by atoms with Crippen LogP contribution in [-0.2, 0) is 20.7 Å². The molecule has 9 nitrogen and oxygen atoms in total. The molecule has 12 heteroatoms. The number of carbonyl (C=O) groups excluding carboxylic acids is 3. The minimum atomic E-state index is -0.973. The van der Waals surface area contributed by atoms with E-state index in [1.165, 1.54) is 6.92 Å². The average Bonchev–Trinajstić information content (AvgIpc) is 3.28. The molecule has 3 aromatic rings. The van der Waals surface area contributed by atoms with E-state index in [-0.39, 0.29) is 48.4 Å². The number of anilines is 1. The molecule has 2 bridgehead atoms. The molecule has 4 rings (SSSR count). The van der Waals surface area contributed by atoms with E-state index in [2.05, 4.69) is 20.6 Å². The summed E-state index contributed by atoms with van der Waals surface area (Å²) in [5.41, 5.74) is 1.43. The van der Waals surface area contributed by atoms with Crippen LogP contribution in [0.1, 0.15) is 52.6 Å². The molecule has 1 aliphatic rings. The number of allylic oxidation sites excluding steroid dienone is 1. The lowest BCUT2D eigenvalue weighted by Gasteiger charge is -2.16. The summed E-state index contributed by atoms with van der Waals surface area (Å²) in [6.45, 7) is 2.38. The number of benzene rings is 2. The van der Waals surface area contributed by atoms with E-state index in [1.54, 1.807) is 30.4 Å². The normalized spacial score (nSPS) is 16.0. The predicted molar refractivity (Wildman–Crippen MR) is 155 cm³/mol. The number of hydrogen-bond acceptors (Lipinski definition) is 6. The molecule has 2 amide bonds. The first kappa shape index (κ1) is 30.9. The summed E-state index contributed by atoms with van der Waals surface area (Å²) in [7, 11) is 3.76. The van der Waals surface area contributed by atoms with E-state index in [1.807, 2.05) is 19.0 Å². The number of nitrogens with one attached hydrogen (secondary N) is 3. The minimum absolute atomic E-state index is 0.000893. The van der Waals surface area contributed by atoms with E-state index >= 15 is 0 Å². The van der Waals surface area contributed by atoms with Gasteiger partial charge >= 0.3 is 5.97 Å². The fourth-order valence-corrected chi connectivity index (χ4v) is 4.69. The molecule has 1 atom stereocenters. The summed E-state index contributed by atoms with van der Waals surface area (Å²) in [4.78, 5) is 47.6. The molecule has 2 aromatic carbocycles. The Hall–Kier alpha value is -4.09. The highest BCUT2D eigenvalue weighted by atomic mass is 35.5. The fraction of sp³-hybridized carbons (Fsp3) is 0.333. The van der Waals surface area contributed by atoms with Gasteiger partial charge in [-0.2, -0.15) is 0 Å². The molecule has 1 aliphatic heterocycles. The van der Waals surface area contributed by atoms with Crippen LogP contribution >= 0.6 is 11.6 Å². The number of rotatable bonds is 7. The van der Waals surface area contributed by atoms with Crippen LogP contribution in [0.3, 0.4) is 0 Å². The lowest BCUT2D eigenvalue weighted by molar-refractivity contribution is -0.143. The largest absolute Gasteiger partial charge is 0.464 e. The van der Waals surface area contributed by atoms with Crippen LogP contribution in [0, 0.1) is 18.6 Å². The van der Waals surface area contributed by atoms with Crippen molar-refractivity contribution in [2.45, 2.75) is 38.6 Å². The predicted octanol–water partition coefficient (Wildman–Crippen LogP) is 5.11. The standard InChI is InChI=1S/C30H32ClF2N5O4/c1-17-13-20(32)26(21(33)14-17)30(41)35-22-7-5-4-6-8-24(39)34-23-15-18(16-25(40)42-12-11-38(2)3)9-10-19(23)27-28(31)37-29(22)36-27/h4-5,9-10,13-15,22H,6-8,11-12,16H2,1-3H3,(H,34,39)(H,35,41)(H,36,37)/b5-4+/t22-/m0/s1. The number of fused-ring (bicyclic) bond motifs is 4. The van der Waals surface area contributed by atoms with E-state index < -0.39 is 35.1 Å².